The molecule has 1 N–H and O–H groups in total. The fourth-order valence-electron chi connectivity index (χ4n) is 7.29. The molecule has 1 aromatic heterocycles. The van der Waals surface area contributed by atoms with Crippen molar-refractivity contribution in [3.05, 3.63) is 128 Å². The fourth-order valence-corrected chi connectivity index (χ4v) is 10.3. The lowest BCUT2D eigenvalue weighted by atomic mass is 9.80. The molecule has 330 valence electrons. The van der Waals surface area contributed by atoms with Crippen LogP contribution in [0.2, 0.25) is 18.1 Å². The number of nitriles is 1. The van der Waals surface area contributed by atoms with Crippen molar-refractivity contribution in [1.29, 1.82) is 5.26 Å². The van der Waals surface area contributed by atoms with Crippen LogP contribution in [0.15, 0.2) is 94.6 Å². The smallest absolute Gasteiger partial charge is 0.330 e. The molecule has 1 fully saturated rings. The fraction of sp³-hybridized carbons (Fsp3) is 0.500. The van der Waals surface area contributed by atoms with E-state index in [9.17, 15) is 14.9 Å². The van der Waals surface area contributed by atoms with Crippen molar-refractivity contribution >= 4 is 16.8 Å². The summed E-state index contributed by atoms with van der Waals surface area (Å²) >= 11 is 0. The Hall–Kier alpha value is -4.16. The average molecular weight is 875 g/mol. The van der Waals surface area contributed by atoms with Crippen molar-refractivity contribution < 1.29 is 32.4 Å². The zero-order valence-corrected chi connectivity index (χ0v) is 39.5. The normalized spacial score (nSPS) is 19.0. The zero-order chi connectivity index (χ0) is 44.7. The van der Waals surface area contributed by atoms with E-state index in [1.807, 2.05) is 78.9 Å². The number of benzene rings is 3. The SMILES string of the molecule is COc1ccc(C(OC[C@H]2O[C@@H](n3cc(C)c(=O)[nH]c3=O)C(O[Si](C)(C)C(C)(C)C)[C@H]2OP(OCCC#N)N(C(C)C)C(C)C)(c2ccccc2)c2ccc(OC)cc2)cc1. The molecule has 1 aliphatic rings. The van der Waals surface area contributed by atoms with Gasteiger partial charge in [0.15, 0.2) is 14.5 Å². The van der Waals surface area contributed by atoms with Crippen molar-refractivity contribution in [1.82, 2.24) is 14.2 Å². The van der Waals surface area contributed by atoms with E-state index in [-0.39, 0.29) is 36.8 Å². The Morgan fingerprint density at radius 3 is 1.90 bits per heavy atom. The highest BCUT2D eigenvalue weighted by Crippen LogP contribution is 2.52. The topological polar surface area (TPSA) is 147 Å². The Bertz CT molecular complexity index is 2130. The number of nitrogens with zero attached hydrogens (tertiary/aromatic N) is 3. The number of methoxy groups -OCH3 is 2. The molecule has 61 heavy (non-hydrogen) atoms. The van der Waals surface area contributed by atoms with Gasteiger partial charge in [-0.25, -0.2) is 9.46 Å². The summed E-state index contributed by atoms with van der Waals surface area (Å²) in [5.41, 5.74) is 0.506. The Balaban J connectivity index is 1.75. The van der Waals surface area contributed by atoms with Gasteiger partial charge >= 0.3 is 5.69 Å². The van der Waals surface area contributed by atoms with Crippen LogP contribution < -0.4 is 20.7 Å². The number of hydrogen-bond acceptors (Lipinski definition) is 11. The van der Waals surface area contributed by atoms with Crippen LogP contribution in [0.5, 0.6) is 11.5 Å². The molecular weight excluding hydrogens is 812 g/mol. The lowest BCUT2D eigenvalue weighted by Crippen LogP contribution is -2.51. The molecule has 5 atom stereocenters. The number of rotatable bonds is 19. The molecule has 0 saturated carbocycles. The highest BCUT2D eigenvalue weighted by molar-refractivity contribution is 7.44. The van der Waals surface area contributed by atoms with Crippen LogP contribution in [0.1, 0.15) is 83.4 Å². The van der Waals surface area contributed by atoms with E-state index >= 15 is 0 Å². The van der Waals surface area contributed by atoms with Gasteiger partial charge in [-0.05, 0) is 93.7 Å². The first-order chi connectivity index (χ1) is 28.9. The zero-order valence-electron chi connectivity index (χ0n) is 37.6. The van der Waals surface area contributed by atoms with Gasteiger partial charge in [0.2, 0.25) is 0 Å². The first-order valence-electron chi connectivity index (χ1n) is 20.8. The number of ether oxygens (including phenoxy) is 4. The van der Waals surface area contributed by atoms with E-state index in [1.165, 1.54) is 10.8 Å². The molecule has 0 amide bonds. The molecule has 0 radical (unpaired) electrons. The highest BCUT2D eigenvalue weighted by atomic mass is 31.2. The molecule has 0 bridgehead atoms. The average Bonchev–Trinajstić information content (AvgIpc) is 3.54. The quantitative estimate of drug-likeness (QED) is 0.0417. The lowest BCUT2D eigenvalue weighted by molar-refractivity contribution is -0.0943. The summed E-state index contributed by atoms with van der Waals surface area (Å²) in [6.45, 7) is 20.8. The summed E-state index contributed by atoms with van der Waals surface area (Å²) in [6.07, 6.45) is -1.95. The monoisotopic (exact) mass is 874 g/mol. The summed E-state index contributed by atoms with van der Waals surface area (Å²) in [5.74, 6) is 1.38. The number of hydrogen-bond donors (Lipinski definition) is 1. The third kappa shape index (κ3) is 10.7. The number of nitrogens with one attached hydrogen (secondary N) is 1. The molecule has 3 aromatic carbocycles. The molecule has 4 aromatic rings. The van der Waals surface area contributed by atoms with Gasteiger partial charge in [0, 0.05) is 23.8 Å². The molecule has 0 spiro atoms. The first kappa shape index (κ1) is 47.9. The lowest BCUT2D eigenvalue weighted by Gasteiger charge is -2.42. The van der Waals surface area contributed by atoms with Crippen molar-refractivity contribution in [3.8, 4) is 17.6 Å². The summed E-state index contributed by atoms with van der Waals surface area (Å²) in [5, 5.41) is 9.28. The third-order valence-corrected chi connectivity index (χ3v) is 18.1. The maximum Gasteiger partial charge on any atom is 0.330 e. The molecule has 2 unspecified atom stereocenters. The number of aryl methyl sites for hydroxylation is 1. The second-order valence-electron chi connectivity index (χ2n) is 17.3. The predicted octanol–water partition coefficient (Wildman–Crippen LogP) is 8.82. The third-order valence-electron chi connectivity index (χ3n) is 11.5. The maximum absolute atomic E-state index is 13.8. The maximum atomic E-state index is 13.8. The van der Waals surface area contributed by atoms with Gasteiger partial charge in [0.05, 0.1) is 39.9 Å². The molecule has 1 aliphatic heterocycles. The van der Waals surface area contributed by atoms with Crippen molar-refractivity contribution in [2.75, 3.05) is 27.4 Å². The van der Waals surface area contributed by atoms with Gasteiger partial charge in [0.1, 0.15) is 35.4 Å². The van der Waals surface area contributed by atoms with E-state index in [2.05, 4.69) is 77.3 Å². The molecule has 13 nitrogen and oxygen atoms in total. The van der Waals surface area contributed by atoms with Crippen molar-refractivity contribution in [2.24, 2.45) is 0 Å². The Morgan fingerprint density at radius 2 is 1.41 bits per heavy atom. The van der Waals surface area contributed by atoms with Gasteiger partial charge in [-0.1, -0.05) is 75.4 Å². The van der Waals surface area contributed by atoms with E-state index in [1.54, 1.807) is 21.1 Å². The number of aromatic amines is 1. The Morgan fingerprint density at radius 1 is 0.869 bits per heavy atom. The van der Waals surface area contributed by atoms with Crippen LogP contribution in [0.25, 0.3) is 0 Å². The minimum absolute atomic E-state index is 0.00103. The van der Waals surface area contributed by atoms with Crippen LogP contribution in [0, 0.1) is 18.3 Å². The first-order valence-corrected chi connectivity index (χ1v) is 24.8. The van der Waals surface area contributed by atoms with E-state index in [0.717, 1.165) is 16.7 Å². The molecule has 15 heteroatoms. The van der Waals surface area contributed by atoms with Gasteiger partial charge in [0.25, 0.3) is 14.1 Å². The summed E-state index contributed by atoms with van der Waals surface area (Å²) in [4.78, 5) is 29.0. The van der Waals surface area contributed by atoms with Crippen LogP contribution in [0.4, 0.5) is 0 Å². The van der Waals surface area contributed by atoms with E-state index in [4.69, 9.17) is 32.4 Å². The van der Waals surface area contributed by atoms with Gasteiger partial charge in [-0.3, -0.25) is 14.3 Å². The summed E-state index contributed by atoms with van der Waals surface area (Å²) < 4.78 is 50.2. The molecular formula is C46H63N4O9PSi. The summed E-state index contributed by atoms with van der Waals surface area (Å²) in [7, 11) is -1.22. The van der Waals surface area contributed by atoms with Gasteiger partial charge in [-0.15, -0.1) is 0 Å². The molecule has 1 saturated heterocycles. The van der Waals surface area contributed by atoms with Crippen LogP contribution >= 0.6 is 8.53 Å². The molecule has 0 aliphatic carbocycles. The van der Waals surface area contributed by atoms with Gasteiger partial charge in [-0.2, -0.15) is 5.26 Å². The Labute approximate surface area is 363 Å². The van der Waals surface area contributed by atoms with Crippen molar-refractivity contribution in [2.45, 2.75) is 122 Å². The van der Waals surface area contributed by atoms with E-state index < -0.39 is 58.2 Å². The Kier molecular flexibility index (Phi) is 16.0. The predicted molar refractivity (Wildman–Crippen MR) is 240 cm³/mol. The minimum Gasteiger partial charge on any atom is -0.497 e. The molecule has 2 heterocycles. The highest BCUT2D eigenvalue weighted by Gasteiger charge is 2.54. The number of H-pyrrole nitrogens is 1. The van der Waals surface area contributed by atoms with E-state index in [0.29, 0.717) is 17.1 Å². The van der Waals surface area contributed by atoms with Crippen LogP contribution in [-0.4, -0.2) is 80.4 Å². The largest absolute Gasteiger partial charge is 0.497 e. The number of aromatic nitrogens is 2. The van der Waals surface area contributed by atoms with Crippen LogP contribution in [0.3, 0.4) is 0 Å². The summed E-state index contributed by atoms with van der Waals surface area (Å²) in [6, 6.07) is 27.7. The van der Waals surface area contributed by atoms with Crippen LogP contribution in [-0.2, 0) is 28.5 Å². The standard InChI is InChI=1S/C46H63N4O9PSi/c1-31(2)50(32(3)4)60(56-28-16-27-47)58-40-39(57-43(41(40)59-61(11,12)45(6,7)8)49-29-33(5)42(51)48-44(49)52)30-55-46(34-17-14-13-15-18-34,35-19-23-37(53-9)24-20-35)36-21-25-38(54-10)26-22-36/h13-15,17-26,29,31-32,39-41,43H,16,28,30H2,1-12H3,(H,48,51,52)/t39-,40+,41?,43-,60?/m1/s1. The second-order valence-corrected chi connectivity index (χ2v) is 23.5. The second kappa shape index (κ2) is 20.3. The van der Waals surface area contributed by atoms with Gasteiger partial charge < -0.3 is 32.4 Å². The molecule has 5 rings (SSSR count). The van der Waals surface area contributed by atoms with Crippen molar-refractivity contribution in [3.63, 3.8) is 0 Å². The minimum atomic E-state index is -2.65.